The number of nitrogens with zero attached hydrogens (tertiary/aromatic N) is 1. The summed E-state index contributed by atoms with van der Waals surface area (Å²) in [6, 6.07) is 10.3. The van der Waals surface area contributed by atoms with Crippen LogP contribution in [0.1, 0.15) is 58.9 Å². The lowest BCUT2D eigenvalue weighted by molar-refractivity contribution is -0.140. The van der Waals surface area contributed by atoms with Gasteiger partial charge in [0.05, 0.1) is 0 Å². The highest BCUT2D eigenvalue weighted by Crippen LogP contribution is 2.25. The Balaban J connectivity index is 2.74. The van der Waals surface area contributed by atoms with E-state index in [1.54, 1.807) is 0 Å². The maximum absolute atomic E-state index is 12.9. The number of hydrogen-bond acceptors (Lipinski definition) is 1. The van der Waals surface area contributed by atoms with Gasteiger partial charge in [0.1, 0.15) is 0 Å². The third-order valence-electron chi connectivity index (χ3n) is 3.92. The molecule has 0 aliphatic carbocycles. The maximum Gasteiger partial charge on any atom is 0.228 e. The molecule has 0 fully saturated rings. The van der Waals surface area contributed by atoms with Gasteiger partial charge in [-0.15, -0.1) is 0 Å². The standard InChI is InChI=1S/C19H31NO/c1-5-7-14-20(15-8-6-2)18(21)19(3,4)16-17-12-10-9-11-13-17/h9-13H,5-8,14-16H2,1-4H3. The Bertz CT molecular complexity index is 403. The molecule has 0 N–H and O–H groups in total. The molecule has 1 aromatic rings. The average molecular weight is 289 g/mol. The molecule has 0 aliphatic rings. The molecule has 2 heteroatoms. The molecule has 0 radical (unpaired) electrons. The second-order valence-corrected chi connectivity index (χ2v) is 6.55. The van der Waals surface area contributed by atoms with Gasteiger partial charge in [-0.2, -0.15) is 0 Å². The lowest BCUT2D eigenvalue weighted by Gasteiger charge is -2.32. The quantitative estimate of drug-likeness (QED) is 0.646. The number of hydrogen-bond donors (Lipinski definition) is 0. The average Bonchev–Trinajstić information content (AvgIpc) is 2.47. The predicted octanol–water partition coefficient (Wildman–Crippen LogP) is 4.68. The van der Waals surface area contributed by atoms with Crippen molar-refractivity contribution in [3.63, 3.8) is 0 Å². The van der Waals surface area contributed by atoms with Crippen LogP contribution in [0.4, 0.5) is 0 Å². The minimum atomic E-state index is -0.331. The van der Waals surface area contributed by atoms with Crippen LogP contribution >= 0.6 is 0 Å². The Hall–Kier alpha value is -1.31. The summed E-state index contributed by atoms with van der Waals surface area (Å²) in [6.07, 6.45) is 5.26. The van der Waals surface area contributed by atoms with Gasteiger partial charge in [-0.05, 0) is 24.8 Å². The summed E-state index contributed by atoms with van der Waals surface area (Å²) in [7, 11) is 0. The van der Waals surface area contributed by atoms with Crippen LogP contribution in [0.5, 0.6) is 0 Å². The largest absolute Gasteiger partial charge is 0.342 e. The number of unbranched alkanes of at least 4 members (excludes halogenated alkanes) is 2. The van der Waals surface area contributed by atoms with E-state index in [1.807, 2.05) is 18.2 Å². The first-order valence-electron chi connectivity index (χ1n) is 8.34. The first-order chi connectivity index (χ1) is 10.0. The van der Waals surface area contributed by atoms with Gasteiger partial charge in [0.2, 0.25) is 5.91 Å². The summed E-state index contributed by atoms with van der Waals surface area (Å²) in [5, 5.41) is 0. The normalized spacial score (nSPS) is 11.4. The Morgan fingerprint density at radius 2 is 1.52 bits per heavy atom. The number of carbonyl (C=O) groups excluding carboxylic acids is 1. The summed E-state index contributed by atoms with van der Waals surface area (Å²) < 4.78 is 0. The van der Waals surface area contributed by atoms with Crippen LogP contribution in [-0.2, 0) is 11.2 Å². The van der Waals surface area contributed by atoms with Crippen molar-refractivity contribution < 1.29 is 4.79 Å². The van der Waals surface area contributed by atoms with Gasteiger partial charge in [0, 0.05) is 18.5 Å². The van der Waals surface area contributed by atoms with E-state index in [0.717, 1.165) is 45.2 Å². The molecule has 1 aromatic carbocycles. The Labute approximate surface area is 130 Å². The third kappa shape index (κ3) is 5.91. The van der Waals surface area contributed by atoms with Crippen molar-refractivity contribution in [1.29, 1.82) is 0 Å². The van der Waals surface area contributed by atoms with Crippen molar-refractivity contribution in [3.8, 4) is 0 Å². The zero-order valence-electron chi connectivity index (χ0n) is 14.2. The molecule has 0 heterocycles. The summed E-state index contributed by atoms with van der Waals surface area (Å²) in [4.78, 5) is 15.0. The van der Waals surface area contributed by atoms with Crippen molar-refractivity contribution in [3.05, 3.63) is 35.9 Å². The van der Waals surface area contributed by atoms with Crippen molar-refractivity contribution in [2.75, 3.05) is 13.1 Å². The topological polar surface area (TPSA) is 20.3 Å². The zero-order valence-corrected chi connectivity index (χ0v) is 14.2. The molecule has 2 nitrogen and oxygen atoms in total. The number of amides is 1. The fourth-order valence-corrected chi connectivity index (χ4v) is 2.62. The van der Waals surface area contributed by atoms with Crippen LogP contribution in [0.15, 0.2) is 30.3 Å². The van der Waals surface area contributed by atoms with E-state index in [-0.39, 0.29) is 5.41 Å². The number of rotatable bonds is 9. The molecular formula is C19H31NO. The van der Waals surface area contributed by atoms with Crippen molar-refractivity contribution in [1.82, 2.24) is 4.90 Å². The second-order valence-electron chi connectivity index (χ2n) is 6.55. The van der Waals surface area contributed by atoms with E-state index in [1.165, 1.54) is 5.56 Å². The first-order valence-corrected chi connectivity index (χ1v) is 8.34. The lowest BCUT2D eigenvalue weighted by Crippen LogP contribution is -2.43. The van der Waals surface area contributed by atoms with Crippen LogP contribution in [0.25, 0.3) is 0 Å². The Morgan fingerprint density at radius 1 is 1.00 bits per heavy atom. The fraction of sp³-hybridized carbons (Fsp3) is 0.632. The molecule has 1 rings (SSSR count). The molecule has 0 atom stereocenters. The van der Waals surface area contributed by atoms with Crippen molar-refractivity contribution in [2.45, 2.75) is 59.8 Å². The predicted molar refractivity (Wildman–Crippen MR) is 90.3 cm³/mol. The van der Waals surface area contributed by atoms with E-state index in [4.69, 9.17) is 0 Å². The maximum atomic E-state index is 12.9. The summed E-state index contributed by atoms with van der Waals surface area (Å²) >= 11 is 0. The Morgan fingerprint density at radius 3 is 2.00 bits per heavy atom. The molecule has 0 unspecified atom stereocenters. The highest BCUT2D eigenvalue weighted by Gasteiger charge is 2.31. The molecule has 0 saturated carbocycles. The first kappa shape index (κ1) is 17.7. The number of benzene rings is 1. The van der Waals surface area contributed by atoms with Crippen LogP contribution in [0.2, 0.25) is 0 Å². The minimum absolute atomic E-state index is 0.299. The third-order valence-corrected chi connectivity index (χ3v) is 3.92. The monoisotopic (exact) mass is 289 g/mol. The van der Waals surface area contributed by atoms with Gasteiger partial charge < -0.3 is 4.90 Å². The van der Waals surface area contributed by atoms with Gasteiger partial charge in [-0.25, -0.2) is 0 Å². The summed E-state index contributed by atoms with van der Waals surface area (Å²) in [5.74, 6) is 0.299. The van der Waals surface area contributed by atoms with Crippen LogP contribution < -0.4 is 0 Å². The molecule has 0 spiro atoms. The summed E-state index contributed by atoms with van der Waals surface area (Å²) in [6.45, 7) is 10.3. The highest BCUT2D eigenvalue weighted by molar-refractivity contribution is 5.82. The van der Waals surface area contributed by atoms with Gasteiger partial charge in [0.25, 0.3) is 0 Å². The van der Waals surface area contributed by atoms with E-state index in [0.29, 0.717) is 5.91 Å². The Kier molecular flexibility index (Phi) is 7.49. The van der Waals surface area contributed by atoms with E-state index in [2.05, 4.69) is 44.7 Å². The lowest BCUT2D eigenvalue weighted by atomic mass is 9.84. The molecule has 0 aliphatic heterocycles. The van der Waals surface area contributed by atoms with Crippen molar-refractivity contribution >= 4 is 5.91 Å². The second kappa shape index (κ2) is 8.86. The van der Waals surface area contributed by atoms with Gasteiger partial charge >= 0.3 is 0 Å². The molecule has 21 heavy (non-hydrogen) atoms. The SMILES string of the molecule is CCCCN(CCCC)C(=O)C(C)(C)Cc1ccccc1. The van der Waals surface area contributed by atoms with E-state index < -0.39 is 0 Å². The molecular weight excluding hydrogens is 258 g/mol. The van der Waals surface area contributed by atoms with Gasteiger partial charge in [-0.1, -0.05) is 70.9 Å². The van der Waals surface area contributed by atoms with Crippen LogP contribution in [-0.4, -0.2) is 23.9 Å². The number of carbonyl (C=O) groups is 1. The summed E-state index contributed by atoms with van der Waals surface area (Å²) in [5.41, 5.74) is 0.907. The fourth-order valence-electron chi connectivity index (χ4n) is 2.62. The van der Waals surface area contributed by atoms with Gasteiger partial charge in [-0.3, -0.25) is 4.79 Å². The molecule has 1 amide bonds. The molecule has 0 bridgehead atoms. The highest BCUT2D eigenvalue weighted by atomic mass is 16.2. The molecule has 0 aromatic heterocycles. The van der Waals surface area contributed by atoms with Crippen LogP contribution in [0, 0.1) is 5.41 Å². The molecule has 0 saturated heterocycles. The van der Waals surface area contributed by atoms with E-state index in [9.17, 15) is 4.79 Å². The van der Waals surface area contributed by atoms with E-state index >= 15 is 0 Å². The zero-order chi connectivity index (χ0) is 15.7. The van der Waals surface area contributed by atoms with Gasteiger partial charge in [0.15, 0.2) is 0 Å². The smallest absolute Gasteiger partial charge is 0.228 e. The minimum Gasteiger partial charge on any atom is -0.342 e. The van der Waals surface area contributed by atoms with Crippen molar-refractivity contribution in [2.24, 2.45) is 5.41 Å². The van der Waals surface area contributed by atoms with Crippen LogP contribution in [0.3, 0.4) is 0 Å². The molecule has 118 valence electrons.